The molecule has 1 rings (SSSR count). The van der Waals surface area contributed by atoms with E-state index in [-0.39, 0.29) is 5.54 Å². The number of hydrogen-bond donors (Lipinski definition) is 1. The Labute approximate surface area is 112 Å². The first kappa shape index (κ1) is 15.5. The highest BCUT2D eigenvalue weighted by Gasteiger charge is 2.21. The van der Waals surface area contributed by atoms with Gasteiger partial charge in [0.05, 0.1) is 6.07 Å². The lowest BCUT2D eigenvalue weighted by molar-refractivity contribution is 0.101. The SMILES string of the molecule is CCCNC(C)(C#N)CCCOCCC1CCC1. The van der Waals surface area contributed by atoms with Crippen LogP contribution in [0.5, 0.6) is 0 Å². The average Bonchev–Trinajstić information content (AvgIpc) is 2.33. The van der Waals surface area contributed by atoms with Gasteiger partial charge in [-0.25, -0.2) is 0 Å². The summed E-state index contributed by atoms with van der Waals surface area (Å²) in [5.74, 6) is 0.931. The van der Waals surface area contributed by atoms with Gasteiger partial charge < -0.3 is 4.74 Å². The van der Waals surface area contributed by atoms with E-state index in [4.69, 9.17) is 4.74 Å². The van der Waals surface area contributed by atoms with E-state index in [1.807, 2.05) is 6.92 Å². The lowest BCUT2D eigenvalue weighted by Crippen LogP contribution is -2.41. The smallest absolute Gasteiger partial charge is 0.104 e. The van der Waals surface area contributed by atoms with Gasteiger partial charge in [0.2, 0.25) is 0 Å². The Morgan fingerprint density at radius 2 is 2.17 bits per heavy atom. The van der Waals surface area contributed by atoms with Gasteiger partial charge in [0.15, 0.2) is 0 Å². The molecule has 0 saturated heterocycles. The summed E-state index contributed by atoms with van der Waals surface area (Å²) >= 11 is 0. The summed E-state index contributed by atoms with van der Waals surface area (Å²) in [4.78, 5) is 0. The molecule has 1 saturated carbocycles. The van der Waals surface area contributed by atoms with Gasteiger partial charge in [-0.15, -0.1) is 0 Å². The Morgan fingerprint density at radius 1 is 1.39 bits per heavy atom. The summed E-state index contributed by atoms with van der Waals surface area (Å²) < 4.78 is 5.65. The Kier molecular flexibility index (Phi) is 7.31. The van der Waals surface area contributed by atoms with Crippen LogP contribution in [-0.2, 0) is 4.74 Å². The largest absolute Gasteiger partial charge is 0.381 e. The molecule has 0 aromatic rings. The third kappa shape index (κ3) is 5.84. The first-order valence-corrected chi connectivity index (χ1v) is 7.44. The minimum absolute atomic E-state index is 0.382. The van der Waals surface area contributed by atoms with Crippen molar-refractivity contribution in [3.63, 3.8) is 0 Å². The Bertz CT molecular complexity index is 258. The average molecular weight is 252 g/mol. The maximum absolute atomic E-state index is 9.17. The van der Waals surface area contributed by atoms with Crippen molar-refractivity contribution in [2.75, 3.05) is 19.8 Å². The molecule has 3 nitrogen and oxygen atoms in total. The van der Waals surface area contributed by atoms with Crippen LogP contribution in [0.3, 0.4) is 0 Å². The minimum Gasteiger partial charge on any atom is -0.381 e. The first-order valence-electron chi connectivity index (χ1n) is 7.44. The van der Waals surface area contributed by atoms with E-state index >= 15 is 0 Å². The van der Waals surface area contributed by atoms with Crippen LogP contribution in [0.1, 0.15) is 58.8 Å². The van der Waals surface area contributed by atoms with Gasteiger partial charge in [-0.2, -0.15) is 5.26 Å². The number of ether oxygens (including phenoxy) is 1. The van der Waals surface area contributed by atoms with Crippen LogP contribution in [-0.4, -0.2) is 25.3 Å². The minimum atomic E-state index is -0.382. The van der Waals surface area contributed by atoms with Crippen LogP contribution in [0.15, 0.2) is 0 Å². The fraction of sp³-hybridized carbons (Fsp3) is 0.933. The van der Waals surface area contributed by atoms with Crippen molar-refractivity contribution < 1.29 is 4.74 Å². The second-order valence-corrected chi connectivity index (χ2v) is 5.67. The second-order valence-electron chi connectivity index (χ2n) is 5.67. The highest BCUT2D eigenvalue weighted by atomic mass is 16.5. The van der Waals surface area contributed by atoms with E-state index in [0.717, 1.165) is 44.9 Å². The quantitative estimate of drug-likeness (QED) is 0.607. The zero-order valence-electron chi connectivity index (χ0n) is 12.0. The molecule has 3 heteroatoms. The fourth-order valence-electron chi connectivity index (χ4n) is 2.25. The summed E-state index contributed by atoms with van der Waals surface area (Å²) in [6, 6.07) is 2.37. The molecule has 1 fully saturated rings. The molecule has 0 aromatic carbocycles. The van der Waals surface area contributed by atoms with Gasteiger partial charge in [-0.1, -0.05) is 26.2 Å². The number of rotatable bonds is 10. The molecule has 1 aliphatic rings. The van der Waals surface area contributed by atoms with E-state index < -0.39 is 0 Å². The van der Waals surface area contributed by atoms with Crippen molar-refractivity contribution in [3.8, 4) is 6.07 Å². The number of hydrogen-bond acceptors (Lipinski definition) is 3. The first-order chi connectivity index (χ1) is 8.70. The van der Waals surface area contributed by atoms with Gasteiger partial charge in [-0.05, 0) is 45.1 Å². The molecule has 0 bridgehead atoms. The molecule has 18 heavy (non-hydrogen) atoms. The van der Waals surface area contributed by atoms with Crippen molar-refractivity contribution in [3.05, 3.63) is 0 Å². The van der Waals surface area contributed by atoms with Crippen LogP contribution >= 0.6 is 0 Å². The molecule has 0 heterocycles. The lowest BCUT2D eigenvalue weighted by Gasteiger charge is -2.25. The topological polar surface area (TPSA) is 45.0 Å². The van der Waals surface area contributed by atoms with Crippen LogP contribution in [0.4, 0.5) is 0 Å². The predicted octanol–water partition coefficient (Wildman–Crippen LogP) is 3.26. The van der Waals surface area contributed by atoms with Gasteiger partial charge in [0, 0.05) is 13.2 Å². The molecule has 0 radical (unpaired) electrons. The van der Waals surface area contributed by atoms with Crippen molar-refractivity contribution in [1.29, 1.82) is 5.26 Å². The Balaban J connectivity index is 1.98. The standard InChI is InChI=1S/C15H28N2O/c1-3-10-17-15(2,13-16)9-5-11-18-12-8-14-6-4-7-14/h14,17H,3-12H2,1-2H3. The van der Waals surface area contributed by atoms with E-state index in [0.29, 0.717) is 0 Å². The molecule has 0 aromatic heterocycles. The molecule has 104 valence electrons. The highest BCUT2D eigenvalue weighted by Crippen LogP contribution is 2.29. The number of nitriles is 1. The van der Waals surface area contributed by atoms with Gasteiger partial charge in [-0.3, -0.25) is 5.32 Å². The molecular weight excluding hydrogens is 224 g/mol. The second kappa shape index (κ2) is 8.50. The van der Waals surface area contributed by atoms with Crippen molar-refractivity contribution in [2.24, 2.45) is 5.92 Å². The molecule has 0 spiro atoms. The van der Waals surface area contributed by atoms with Crippen molar-refractivity contribution in [2.45, 2.75) is 64.3 Å². The zero-order valence-corrected chi connectivity index (χ0v) is 12.0. The fourth-order valence-corrected chi connectivity index (χ4v) is 2.25. The predicted molar refractivity (Wildman–Crippen MR) is 74.3 cm³/mol. The third-order valence-electron chi connectivity index (χ3n) is 3.87. The molecular formula is C15H28N2O. The third-order valence-corrected chi connectivity index (χ3v) is 3.87. The van der Waals surface area contributed by atoms with Crippen LogP contribution in [0, 0.1) is 17.2 Å². The van der Waals surface area contributed by atoms with Crippen LogP contribution in [0.2, 0.25) is 0 Å². The van der Waals surface area contributed by atoms with Crippen molar-refractivity contribution in [1.82, 2.24) is 5.32 Å². The van der Waals surface area contributed by atoms with Crippen molar-refractivity contribution >= 4 is 0 Å². The van der Waals surface area contributed by atoms with Gasteiger partial charge in [0.25, 0.3) is 0 Å². The van der Waals surface area contributed by atoms with E-state index in [9.17, 15) is 5.26 Å². The summed E-state index contributed by atoms with van der Waals surface area (Å²) in [6.45, 7) is 6.70. The summed E-state index contributed by atoms with van der Waals surface area (Å²) in [5.41, 5.74) is -0.382. The van der Waals surface area contributed by atoms with Gasteiger partial charge >= 0.3 is 0 Å². The van der Waals surface area contributed by atoms with Gasteiger partial charge in [0.1, 0.15) is 5.54 Å². The number of nitrogens with zero attached hydrogens (tertiary/aromatic N) is 1. The molecule has 1 aliphatic carbocycles. The zero-order chi connectivity index (χ0) is 13.3. The maximum Gasteiger partial charge on any atom is 0.104 e. The van der Waals surface area contributed by atoms with E-state index in [1.54, 1.807) is 0 Å². The summed E-state index contributed by atoms with van der Waals surface area (Å²) in [7, 11) is 0. The monoisotopic (exact) mass is 252 g/mol. The number of nitrogens with one attached hydrogen (secondary N) is 1. The van der Waals surface area contributed by atoms with E-state index in [1.165, 1.54) is 25.7 Å². The molecule has 1 atom stereocenters. The summed E-state index contributed by atoms with van der Waals surface area (Å²) in [5, 5.41) is 12.5. The molecule has 0 amide bonds. The highest BCUT2D eigenvalue weighted by molar-refractivity contribution is 5.03. The normalized spacial score (nSPS) is 18.9. The molecule has 0 aliphatic heterocycles. The van der Waals surface area contributed by atoms with Crippen LogP contribution in [0.25, 0.3) is 0 Å². The van der Waals surface area contributed by atoms with E-state index in [2.05, 4.69) is 18.3 Å². The Morgan fingerprint density at radius 3 is 2.72 bits per heavy atom. The summed E-state index contributed by atoms with van der Waals surface area (Å²) in [6.07, 6.45) is 8.33. The maximum atomic E-state index is 9.17. The molecule has 1 N–H and O–H groups in total. The molecule has 1 unspecified atom stereocenters. The Hall–Kier alpha value is -0.590. The lowest BCUT2D eigenvalue weighted by atomic mass is 9.83. The van der Waals surface area contributed by atoms with Crippen LogP contribution < -0.4 is 5.32 Å².